The summed E-state index contributed by atoms with van der Waals surface area (Å²) in [6.45, 7) is 0.905. The van der Waals surface area contributed by atoms with Crippen LogP contribution in [0.25, 0.3) is 5.69 Å². The van der Waals surface area contributed by atoms with Crippen molar-refractivity contribution in [1.82, 2.24) is 29.5 Å². The maximum Gasteiger partial charge on any atom is 0.294 e. The summed E-state index contributed by atoms with van der Waals surface area (Å²) >= 11 is 0. The minimum Gasteiger partial charge on any atom is -0.504 e. The minimum absolute atomic E-state index is 0.0163. The number of hydrogen-bond donors (Lipinski definition) is 3. The highest BCUT2D eigenvalue weighted by molar-refractivity contribution is 7.89. The van der Waals surface area contributed by atoms with Crippen LogP contribution < -0.4 is 10.9 Å². The van der Waals surface area contributed by atoms with E-state index in [9.17, 15) is 23.1 Å². The zero-order valence-electron chi connectivity index (χ0n) is 17.9. The first kappa shape index (κ1) is 22.6. The van der Waals surface area contributed by atoms with Gasteiger partial charge in [-0.05, 0) is 31.0 Å². The molecule has 4 rings (SSSR count). The first-order valence-electron chi connectivity index (χ1n) is 10.4. The first-order chi connectivity index (χ1) is 15.8. The van der Waals surface area contributed by atoms with Gasteiger partial charge in [-0.15, -0.1) is 0 Å². The van der Waals surface area contributed by atoms with Crippen LogP contribution in [0.4, 0.5) is 0 Å². The molecule has 2 amide bonds. The smallest absolute Gasteiger partial charge is 0.294 e. The molecule has 0 radical (unpaired) electrons. The van der Waals surface area contributed by atoms with Crippen LogP contribution in [-0.4, -0.2) is 57.1 Å². The van der Waals surface area contributed by atoms with Crippen LogP contribution in [0.5, 0.6) is 5.75 Å². The predicted molar refractivity (Wildman–Crippen MR) is 118 cm³/mol. The van der Waals surface area contributed by atoms with Crippen molar-refractivity contribution in [2.75, 3.05) is 13.1 Å². The Kier molecular flexibility index (Phi) is 6.20. The molecule has 0 spiro atoms. The first-order valence-corrected chi connectivity index (χ1v) is 11.8. The molecule has 1 fully saturated rings. The van der Waals surface area contributed by atoms with Crippen molar-refractivity contribution in [2.45, 2.75) is 24.2 Å². The van der Waals surface area contributed by atoms with Crippen molar-refractivity contribution in [3.05, 3.63) is 60.2 Å². The fraction of sp³-hybridized carbons (Fsp3) is 0.286. The number of sulfonamides is 1. The highest BCUT2D eigenvalue weighted by Gasteiger charge is 2.28. The van der Waals surface area contributed by atoms with Crippen LogP contribution in [0, 0.1) is 0 Å². The summed E-state index contributed by atoms with van der Waals surface area (Å²) in [5.74, 6) is -1.90. The summed E-state index contributed by atoms with van der Waals surface area (Å²) in [7, 11) is -2.16. The van der Waals surface area contributed by atoms with Gasteiger partial charge in [-0.25, -0.2) is 13.1 Å². The van der Waals surface area contributed by atoms with E-state index < -0.39 is 21.8 Å². The van der Waals surface area contributed by atoms with Crippen molar-refractivity contribution in [1.29, 1.82) is 0 Å². The Morgan fingerprint density at radius 1 is 1.00 bits per heavy atom. The Morgan fingerprint density at radius 2 is 1.67 bits per heavy atom. The van der Waals surface area contributed by atoms with E-state index in [1.54, 1.807) is 31.3 Å². The van der Waals surface area contributed by atoms with Gasteiger partial charge in [0.25, 0.3) is 11.8 Å². The number of carbonyl (C=O) groups is 2. The van der Waals surface area contributed by atoms with Crippen LogP contribution in [0.15, 0.2) is 53.7 Å². The summed E-state index contributed by atoms with van der Waals surface area (Å²) in [6.07, 6.45) is 5.25. The van der Waals surface area contributed by atoms with E-state index in [2.05, 4.69) is 16.0 Å². The van der Waals surface area contributed by atoms with Crippen molar-refractivity contribution in [3.63, 3.8) is 0 Å². The van der Waals surface area contributed by atoms with E-state index in [1.165, 1.54) is 32.0 Å². The van der Waals surface area contributed by atoms with Crippen molar-refractivity contribution in [2.24, 2.45) is 7.05 Å². The van der Waals surface area contributed by atoms with E-state index in [0.717, 1.165) is 19.3 Å². The van der Waals surface area contributed by atoms with E-state index in [4.69, 9.17) is 0 Å². The highest BCUT2D eigenvalue weighted by Crippen LogP contribution is 2.22. The molecule has 3 aromatic rings. The molecule has 12 heteroatoms. The summed E-state index contributed by atoms with van der Waals surface area (Å²) in [5, 5.41) is 14.1. The van der Waals surface area contributed by atoms with Gasteiger partial charge in [-0.1, -0.05) is 24.6 Å². The number of aromatic hydroxyl groups is 1. The molecule has 1 aliphatic rings. The highest BCUT2D eigenvalue weighted by atomic mass is 32.2. The summed E-state index contributed by atoms with van der Waals surface area (Å²) in [4.78, 5) is 25.0. The number of nitrogens with zero attached hydrogens (tertiary/aromatic N) is 4. The Morgan fingerprint density at radius 3 is 2.36 bits per heavy atom. The third kappa shape index (κ3) is 4.61. The Bertz CT molecular complexity index is 1280. The largest absolute Gasteiger partial charge is 0.504 e. The van der Waals surface area contributed by atoms with Crippen molar-refractivity contribution in [3.8, 4) is 11.4 Å². The monoisotopic (exact) mass is 472 g/mol. The lowest BCUT2D eigenvalue weighted by atomic mass is 10.2. The summed E-state index contributed by atoms with van der Waals surface area (Å²) in [5.41, 5.74) is 4.83. The molecule has 0 unspecified atom stereocenters. The van der Waals surface area contributed by atoms with Gasteiger partial charge >= 0.3 is 0 Å². The van der Waals surface area contributed by atoms with E-state index in [1.807, 2.05) is 6.07 Å². The van der Waals surface area contributed by atoms with Crippen LogP contribution >= 0.6 is 0 Å². The maximum absolute atomic E-state index is 12.9. The molecule has 1 aromatic carbocycles. The van der Waals surface area contributed by atoms with Gasteiger partial charge in [0, 0.05) is 26.3 Å². The second kappa shape index (κ2) is 9.08. The molecular formula is C21H24N6O5S. The Labute approximate surface area is 190 Å². The minimum atomic E-state index is -3.70. The van der Waals surface area contributed by atoms with Crippen LogP contribution in [-0.2, 0) is 17.1 Å². The normalized spacial score (nSPS) is 14.7. The number of hydrogen-bond acceptors (Lipinski definition) is 6. The number of hydrazine groups is 1. The molecule has 0 saturated carbocycles. The zero-order valence-corrected chi connectivity index (χ0v) is 18.7. The number of rotatable bonds is 5. The average molecular weight is 473 g/mol. The van der Waals surface area contributed by atoms with Gasteiger partial charge in [0.1, 0.15) is 10.6 Å². The lowest BCUT2D eigenvalue weighted by molar-refractivity contribution is 0.0837. The topological polar surface area (TPSA) is 139 Å². The van der Waals surface area contributed by atoms with Gasteiger partial charge in [-0.3, -0.25) is 20.4 Å². The molecular weight excluding hydrogens is 448 g/mol. The summed E-state index contributed by atoms with van der Waals surface area (Å²) < 4.78 is 29.8. The van der Waals surface area contributed by atoms with Crippen LogP contribution in [0.2, 0.25) is 0 Å². The SMILES string of the molecule is Cn1cc(S(=O)(=O)N2CCCCC2)cc1C(=O)NNC(=O)c1nn(-c2ccccc2)cc1O. The standard InChI is InChI=1S/C21H24N6O5S/c1-25-13-16(33(31,32)26-10-6-3-7-11-26)12-17(25)20(29)22-23-21(30)19-18(28)14-27(24-19)15-8-4-2-5-9-15/h2,4-5,8-9,12-14,28H,3,6-7,10-11H2,1H3,(H,22,29)(H,23,30). The lowest BCUT2D eigenvalue weighted by Gasteiger charge is -2.25. The van der Waals surface area contributed by atoms with E-state index in [0.29, 0.717) is 18.8 Å². The molecule has 174 valence electrons. The molecule has 0 bridgehead atoms. The molecule has 0 aliphatic carbocycles. The van der Waals surface area contributed by atoms with Gasteiger partial charge in [-0.2, -0.15) is 9.40 Å². The Hall–Kier alpha value is -3.64. The molecule has 3 heterocycles. The van der Waals surface area contributed by atoms with Gasteiger partial charge in [0.2, 0.25) is 10.0 Å². The number of carbonyl (C=O) groups excluding carboxylic acids is 2. The third-order valence-electron chi connectivity index (χ3n) is 5.39. The number of aromatic nitrogens is 3. The van der Waals surface area contributed by atoms with Crippen molar-refractivity contribution < 1.29 is 23.1 Å². The molecule has 3 N–H and O–H groups in total. The molecule has 2 aromatic heterocycles. The van der Waals surface area contributed by atoms with Crippen LogP contribution in [0.1, 0.15) is 40.2 Å². The molecule has 11 nitrogen and oxygen atoms in total. The second-order valence-electron chi connectivity index (χ2n) is 7.69. The van der Waals surface area contributed by atoms with E-state index >= 15 is 0 Å². The fourth-order valence-corrected chi connectivity index (χ4v) is 5.22. The van der Waals surface area contributed by atoms with Crippen LogP contribution in [0.3, 0.4) is 0 Å². The number of aryl methyl sites for hydroxylation is 1. The second-order valence-corrected chi connectivity index (χ2v) is 9.63. The Balaban J connectivity index is 1.44. The number of para-hydroxylation sites is 1. The third-order valence-corrected chi connectivity index (χ3v) is 7.25. The molecule has 0 atom stereocenters. The fourth-order valence-electron chi connectivity index (χ4n) is 3.63. The number of nitrogens with one attached hydrogen (secondary N) is 2. The maximum atomic E-state index is 12.9. The summed E-state index contributed by atoms with van der Waals surface area (Å²) in [6, 6.07) is 10.2. The van der Waals surface area contributed by atoms with Gasteiger partial charge in [0.05, 0.1) is 11.9 Å². The average Bonchev–Trinajstić information content (AvgIpc) is 3.42. The predicted octanol–water partition coefficient (Wildman–Crippen LogP) is 1.17. The lowest BCUT2D eigenvalue weighted by Crippen LogP contribution is -2.42. The quantitative estimate of drug-likeness (QED) is 0.477. The number of amides is 2. The van der Waals surface area contributed by atoms with E-state index in [-0.39, 0.29) is 22.0 Å². The zero-order chi connectivity index (χ0) is 23.6. The number of piperidine rings is 1. The van der Waals surface area contributed by atoms with Gasteiger partial charge < -0.3 is 9.67 Å². The van der Waals surface area contributed by atoms with Crippen molar-refractivity contribution >= 4 is 21.8 Å². The molecule has 1 saturated heterocycles. The van der Waals surface area contributed by atoms with Gasteiger partial charge in [0.15, 0.2) is 11.4 Å². The molecule has 1 aliphatic heterocycles. The number of benzene rings is 1. The molecule has 33 heavy (non-hydrogen) atoms.